The summed E-state index contributed by atoms with van der Waals surface area (Å²) in [5, 5.41) is 0. The Morgan fingerprint density at radius 1 is 1.11 bits per heavy atom. The van der Waals surface area contributed by atoms with Crippen molar-refractivity contribution in [2.45, 2.75) is 20.3 Å². The maximum Gasteiger partial charge on any atom is 0.193 e. The van der Waals surface area contributed by atoms with Crippen molar-refractivity contribution in [1.82, 2.24) is 0 Å². The van der Waals surface area contributed by atoms with Gasteiger partial charge < -0.3 is 4.74 Å². The van der Waals surface area contributed by atoms with Gasteiger partial charge in [0.25, 0.3) is 0 Å². The van der Waals surface area contributed by atoms with Crippen molar-refractivity contribution in [3.8, 4) is 5.75 Å². The third-order valence-corrected chi connectivity index (χ3v) is 3.30. The zero-order valence-corrected chi connectivity index (χ0v) is 11.6. The van der Waals surface area contributed by atoms with E-state index in [2.05, 4.69) is 6.92 Å². The lowest BCUT2D eigenvalue weighted by Crippen LogP contribution is -2.04. The van der Waals surface area contributed by atoms with E-state index < -0.39 is 0 Å². The van der Waals surface area contributed by atoms with Gasteiger partial charge in [0.2, 0.25) is 0 Å². The molecule has 2 aromatic rings. The molecular formula is C17H18O2. The largest absolute Gasteiger partial charge is 0.497 e. The molecule has 0 aliphatic rings. The minimum Gasteiger partial charge on any atom is -0.497 e. The minimum atomic E-state index is 0.0582. The van der Waals surface area contributed by atoms with Gasteiger partial charge in [-0.15, -0.1) is 0 Å². The van der Waals surface area contributed by atoms with E-state index in [0.717, 1.165) is 28.9 Å². The molecule has 2 nitrogen and oxygen atoms in total. The van der Waals surface area contributed by atoms with Crippen LogP contribution < -0.4 is 4.74 Å². The fourth-order valence-corrected chi connectivity index (χ4v) is 2.07. The Balaban J connectivity index is 2.32. The number of carbonyl (C=O) groups excluding carboxylic acids is 1. The highest BCUT2D eigenvalue weighted by Gasteiger charge is 2.12. The number of ketones is 1. The summed E-state index contributed by atoms with van der Waals surface area (Å²) in [5.74, 6) is 0.832. The molecule has 19 heavy (non-hydrogen) atoms. The quantitative estimate of drug-likeness (QED) is 0.776. The summed E-state index contributed by atoms with van der Waals surface area (Å²) in [6.45, 7) is 4.03. The van der Waals surface area contributed by atoms with Gasteiger partial charge in [-0.25, -0.2) is 0 Å². The molecule has 0 N–H and O–H groups in total. The first kappa shape index (κ1) is 13.3. The second-order valence-electron chi connectivity index (χ2n) is 4.56. The van der Waals surface area contributed by atoms with Crippen LogP contribution in [0.5, 0.6) is 5.75 Å². The van der Waals surface area contributed by atoms with Crippen LogP contribution in [0.3, 0.4) is 0 Å². The van der Waals surface area contributed by atoms with Crippen LogP contribution in [0.25, 0.3) is 0 Å². The number of methoxy groups -OCH3 is 1. The number of ether oxygens (including phenoxy) is 1. The highest BCUT2D eigenvalue weighted by molar-refractivity contribution is 6.09. The molecule has 0 amide bonds. The molecule has 0 unspecified atom stereocenters. The van der Waals surface area contributed by atoms with Gasteiger partial charge in [-0.1, -0.05) is 31.2 Å². The standard InChI is InChI=1S/C17H18O2/c1-4-13-5-7-14(8-6-13)17(18)16-10-9-15(19-3)11-12(16)2/h5-11H,4H2,1-3H3. The lowest BCUT2D eigenvalue weighted by Gasteiger charge is -2.08. The summed E-state index contributed by atoms with van der Waals surface area (Å²) in [7, 11) is 1.62. The van der Waals surface area contributed by atoms with Crippen LogP contribution in [0, 0.1) is 6.92 Å². The molecule has 2 rings (SSSR count). The molecule has 98 valence electrons. The Morgan fingerprint density at radius 3 is 2.32 bits per heavy atom. The molecule has 0 aromatic heterocycles. The Hall–Kier alpha value is -2.09. The molecule has 0 radical (unpaired) electrons. The van der Waals surface area contributed by atoms with Crippen molar-refractivity contribution in [1.29, 1.82) is 0 Å². The molecule has 0 heterocycles. The van der Waals surface area contributed by atoms with Crippen molar-refractivity contribution in [2.75, 3.05) is 7.11 Å². The predicted octanol–water partition coefficient (Wildman–Crippen LogP) is 3.80. The molecule has 2 heteroatoms. The van der Waals surface area contributed by atoms with Crippen LogP contribution in [0.4, 0.5) is 0 Å². The molecule has 0 saturated carbocycles. The molecule has 2 aromatic carbocycles. The van der Waals surface area contributed by atoms with Gasteiger partial charge in [-0.05, 0) is 42.7 Å². The van der Waals surface area contributed by atoms with E-state index in [4.69, 9.17) is 4.74 Å². The normalized spacial score (nSPS) is 10.3. The van der Waals surface area contributed by atoms with E-state index >= 15 is 0 Å². The van der Waals surface area contributed by atoms with Crippen LogP contribution in [0.2, 0.25) is 0 Å². The van der Waals surface area contributed by atoms with Crippen molar-refractivity contribution >= 4 is 5.78 Å². The topological polar surface area (TPSA) is 26.3 Å². The zero-order chi connectivity index (χ0) is 13.8. The van der Waals surface area contributed by atoms with Crippen molar-refractivity contribution < 1.29 is 9.53 Å². The second-order valence-corrected chi connectivity index (χ2v) is 4.56. The van der Waals surface area contributed by atoms with Crippen LogP contribution in [0.15, 0.2) is 42.5 Å². The molecule has 0 saturated heterocycles. The SMILES string of the molecule is CCc1ccc(C(=O)c2ccc(OC)cc2C)cc1. The maximum atomic E-state index is 12.4. The summed E-state index contributed by atoms with van der Waals surface area (Å²) < 4.78 is 5.15. The van der Waals surface area contributed by atoms with Gasteiger partial charge in [0, 0.05) is 11.1 Å². The number of benzene rings is 2. The van der Waals surface area contributed by atoms with Crippen LogP contribution in [-0.4, -0.2) is 12.9 Å². The molecule has 0 bridgehead atoms. The van der Waals surface area contributed by atoms with Crippen LogP contribution >= 0.6 is 0 Å². The first-order valence-electron chi connectivity index (χ1n) is 6.44. The average Bonchev–Trinajstić information content (AvgIpc) is 2.46. The number of aryl methyl sites for hydroxylation is 2. The second kappa shape index (κ2) is 5.70. The zero-order valence-electron chi connectivity index (χ0n) is 11.6. The first-order chi connectivity index (χ1) is 9.15. The van der Waals surface area contributed by atoms with Crippen molar-refractivity contribution in [3.05, 3.63) is 64.7 Å². The highest BCUT2D eigenvalue weighted by Crippen LogP contribution is 2.20. The Bertz CT molecular complexity index is 583. The lowest BCUT2D eigenvalue weighted by atomic mass is 9.98. The van der Waals surface area contributed by atoms with E-state index in [1.54, 1.807) is 7.11 Å². The molecule has 0 fully saturated rings. The Kier molecular flexibility index (Phi) is 4.00. The van der Waals surface area contributed by atoms with Crippen LogP contribution in [0.1, 0.15) is 34.0 Å². The number of rotatable bonds is 4. The molecular weight excluding hydrogens is 236 g/mol. The third kappa shape index (κ3) is 2.84. The molecule has 0 aliphatic carbocycles. The fourth-order valence-electron chi connectivity index (χ4n) is 2.07. The monoisotopic (exact) mass is 254 g/mol. The van der Waals surface area contributed by atoms with Crippen LogP contribution in [-0.2, 0) is 6.42 Å². The van der Waals surface area contributed by atoms with Gasteiger partial charge >= 0.3 is 0 Å². The maximum absolute atomic E-state index is 12.4. The Labute approximate surface area is 114 Å². The van der Waals surface area contributed by atoms with E-state index in [0.29, 0.717) is 0 Å². The number of carbonyl (C=O) groups is 1. The molecule has 0 atom stereocenters. The molecule has 0 spiro atoms. The van der Waals surface area contributed by atoms with E-state index in [9.17, 15) is 4.79 Å². The van der Waals surface area contributed by atoms with Gasteiger partial charge in [-0.2, -0.15) is 0 Å². The summed E-state index contributed by atoms with van der Waals surface area (Å²) in [4.78, 5) is 12.4. The minimum absolute atomic E-state index is 0.0582. The van der Waals surface area contributed by atoms with E-state index in [1.807, 2.05) is 49.4 Å². The van der Waals surface area contributed by atoms with Crippen molar-refractivity contribution in [2.24, 2.45) is 0 Å². The van der Waals surface area contributed by atoms with Crippen molar-refractivity contribution in [3.63, 3.8) is 0 Å². The fraction of sp³-hybridized carbons (Fsp3) is 0.235. The molecule has 0 aliphatic heterocycles. The van der Waals surface area contributed by atoms with Gasteiger partial charge in [0.15, 0.2) is 5.78 Å². The Morgan fingerprint density at radius 2 is 1.79 bits per heavy atom. The van der Waals surface area contributed by atoms with E-state index in [-0.39, 0.29) is 5.78 Å². The third-order valence-electron chi connectivity index (χ3n) is 3.30. The first-order valence-corrected chi connectivity index (χ1v) is 6.44. The summed E-state index contributed by atoms with van der Waals surface area (Å²) in [5.41, 5.74) is 3.63. The van der Waals surface area contributed by atoms with Gasteiger partial charge in [-0.3, -0.25) is 4.79 Å². The number of hydrogen-bond acceptors (Lipinski definition) is 2. The summed E-state index contributed by atoms with van der Waals surface area (Å²) in [6.07, 6.45) is 0.982. The average molecular weight is 254 g/mol. The van der Waals surface area contributed by atoms with Gasteiger partial charge in [0.05, 0.1) is 7.11 Å². The smallest absolute Gasteiger partial charge is 0.193 e. The van der Waals surface area contributed by atoms with E-state index in [1.165, 1.54) is 5.56 Å². The number of hydrogen-bond donors (Lipinski definition) is 0. The van der Waals surface area contributed by atoms with Gasteiger partial charge in [0.1, 0.15) is 5.75 Å². The summed E-state index contributed by atoms with van der Waals surface area (Å²) >= 11 is 0. The highest BCUT2D eigenvalue weighted by atomic mass is 16.5. The predicted molar refractivity (Wildman–Crippen MR) is 77.0 cm³/mol. The lowest BCUT2D eigenvalue weighted by molar-refractivity contribution is 0.103. The summed E-state index contributed by atoms with van der Waals surface area (Å²) in [6, 6.07) is 13.3.